The molecule has 0 aromatic carbocycles. The monoisotopic (exact) mass is 223 g/mol. The van der Waals surface area contributed by atoms with Gasteiger partial charge < -0.3 is 15.1 Å². The van der Waals surface area contributed by atoms with Crippen molar-refractivity contribution in [3.8, 4) is 0 Å². The first-order chi connectivity index (χ1) is 7.59. The van der Waals surface area contributed by atoms with Gasteiger partial charge in [0.15, 0.2) is 6.39 Å². The molecule has 1 fully saturated rings. The van der Waals surface area contributed by atoms with E-state index in [0.29, 0.717) is 17.4 Å². The van der Waals surface area contributed by atoms with E-state index in [9.17, 15) is 4.79 Å². The molecule has 0 radical (unpaired) electrons. The lowest BCUT2D eigenvalue weighted by Crippen LogP contribution is -2.33. The minimum absolute atomic E-state index is 0.0712. The summed E-state index contributed by atoms with van der Waals surface area (Å²) >= 11 is 0. The maximum Gasteiger partial charge on any atom is 0.291 e. The first-order valence-electron chi connectivity index (χ1n) is 5.54. The molecule has 1 aliphatic rings. The van der Waals surface area contributed by atoms with Crippen LogP contribution in [0.25, 0.3) is 0 Å². The molecule has 16 heavy (non-hydrogen) atoms. The summed E-state index contributed by atoms with van der Waals surface area (Å²) in [4.78, 5) is 17.8. The van der Waals surface area contributed by atoms with Crippen LogP contribution in [-0.4, -0.2) is 34.9 Å². The maximum atomic E-state index is 12.0. The summed E-state index contributed by atoms with van der Waals surface area (Å²) in [6, 6.07) is 0.133. The van der Waals surface area contributed by atoms with Crippen LogP contribution in [0, 0.1) is 12.8 Å². The molecule has 5 heteroatoms. The van der Waals surface area contributed by atoms with Crippen LogP contribution in [-0.2, 0) is 0 Å². The van der Waals surface area contributed by atoms with Gasteiger partial charge in [-0.15, -0.1) is 0 Å². The van der Waals surface area contributed by atoms with Crippen LogP contribution in [0.15, 0.2) is 10.8 Å². The van der Waals surface area contributed by atoms with Gasteiger partial charge in [0, 0.05) is 19.1 Å². The van der Waals surface area contributed by atoms with Gasteiger partial charge in [0.2, 0.25) is 5.76 Å². The van der Waals surface area contributed by atoms with Crippen LogP contribution >= 0.6 is 0 Å². The predicted octanol–water partition coefficient (Wildman–Crippen LogP) is 0.792. The Kier molecular flexibility index (Phi) is 2.96. The third-order valence-corrected chi connectivity index (χ3v) is 3.20. The number of carbonyl (C=O) groups excluding carboxylic acids is 1. The molecule has 1 aromatic heterocycles. The molecule has 2 heterocycles. The second kappa shape index (κ2) is 4.25. The number of nitrogens with zero attached hydrogens (tertiary/aromatic N) is 2. The van der Waals surface area contributed by atoms with E-state index in [1.54, 1.807) is 11.8 Å². The van der Waals surface area contributed by atoms with E-state index in [1.165, 1.54) is 6.39 Å². The highest BCUT2D eigenvalue weighted by molar-refractivity contribution is 5.92. The Balaban J connectivity index is 2.05. The zero-order valence-electron chi connectivity index (χ0n) is 9.64. The van der Waals surface area contributed by atoms with Crippen molar-refractivity contribution < 1.29 is 9.21 Å². The number of nitrogens with two attached hydrogens (primary N) is 1. The zero-order chi connectivity index (χ0) is 11.7. The molecule has 1 saturated heterocycles. The van der Waals surface area contributed by atoms with Crippen molar-refractivity contribution in [2.24, 2.45) is 11.7 Å². The van der Waals surface area contributed by atoms with Gasteiger partial charge in [-0.2, -0.15) is 0 Å². The molecule has 1 aromatic rings. The van der Waals surface area contributed by atoms with Gasteiger partial charge in [-0.25, -0.2) is 4.98 Å². The number of likely N-dealkylation sites (tertiary alicyclic amines) is 1. The largest absolute Gasteiger partial charge is 0.438 e. The average Bonchev–Trinajstić information content (AvgIpc) is 2.84. The summed E-state index contributed by atoms with van der Waals surface area (Å²) in [6.45, 7) is 5.23. The molecule has 2 rings (SSSR count). The highest BCUT2D eigenvalue weighted by Crippen LogP contribution is 2.21. The Morgan fingerprint density at radius 1 is 1.75 bits per heavy atom. The van der Waals surface area contributed by atoms with Gasteiger partial charge in [0.25, 0.3) is 5.91 Å². The molecule has 1 aliphatic heterocycles. The van der Waals surface area contributed by atoms with Crippen LogP contribution in [0.2, 0.25) is 0 Å². The third kappa shape index (κ3) is 1.95. The Bertz CT molecular complexity index is 386. The summed E-state index contributed by atoms with van der Waals surface area (Å²) < 4.78 is 5.10. The molecular weight excluding hydrogens is 206 g/mol. The van der Waals surface area contributed by atoms with Gasteiger partial charge in [-0.1, -0.05) is 0 Å². The second-order valence-electron chi connectivity index (χ2n) is 4.43. The molecule has 1 amide bonds. The molecule has 0 bridgehead atoms. The van der Waals surface area contributed by atoms with Crippen molar-refractivity contribution in [3.63, 3.8) is 0 Å². The van der Waals surface area contributed by atoms with E-state index in [2.05, 4.69) is 4.98 Å². The van der Waals surface area contributed by atoms with Crippen molar-refractivity contribution in [3.05, 3.63) is 17.8 Å². The van der Waals surface area contributed by atoms with E-state index in [-0.39, 0.29) is 11.9 Å². The van der Waals surface area contributed by atoms with Crippen molar-refractivity contribution in [2.75, 3.05) is 13.1 Å². The van der Waals surface area contributed by atoms with Gasteiger partial charge in [0.05, 0.1) is 5.69 Å². The Labute approximate surface area is 94.6 Å². The van der Waals surface area contributed by atoms with Crippen LogP contribution in [0.4, 0.5) is 0 Å². The lowest BCUT2D eigenvalue weighted by Gasteiger charge is -2.17. The minimum Gasteiger partial charge on any atom is -0.438 e. The van der Waals surface area contributed by atoms with Crippen molar-refractivity contribution in [1.29, 1.82) is 0 Å². The lowest BCUT2D eigenvalue weighted by atomic mass is 10.0. The predicted molar refractivity (Wildman–Crippen MR) is 58.9 cm³/mol. The number of hydrogen-bond donors (Lipinski definition) is 1. The number of carbonyl (C=O) groups is 1. The Hall–Kier alpha value is -1.36. The van der Waals surface area contributed by atoms with Crippen molar-refractivity contribution >= 4 is 5.91 Å². The van der Waals surface area contributed by atoms with Gasteiger partial charge in [-0.05, 0) is 26.2 Å². The standard InChI is InChI=1S/C11H17N3O2/c1-7(12)9-3-4-14(5-9)11(15)10-8(2)13-6-16-10/h6-7,9H,3-5,12H2,1-2H3. The lowest BCUT2D eigenvalue weighted by molar-refractivity contribution is 0.0753. The molecule has 0 aliphatic carbocycles. The quantitative estimate of drug-likeness (QED) is 0.804. The summed E-state index contributed by atoms with van der Waals surface area (Å²) in [5.41, 5.74) is 6.48. The number of aromatic nitrogens is 1. The number of amides is 1. The molecule has 5 nitrogen and oxygen atoms in total. The van der Waals surface area contributed by atoms with Crippen molar-refractivity contribution in [1.82, 2.24) is 9.88 Å². The fourth-order valence-corrected chi connectivity index (χ4v) is 2.05. The van der Waals surface area contributed by atoms with Gasteiger partial charge >= 0.3 is 0 Å². The van der Waals surface area contributed by atoms with E-state index >= 15 is 0 Å². The number of oxazole rings is 1. The summed E-state index contributed by atoms with van der Waals surface area (Å²) in [5, 5.41) is 0. The molecule has 2 unspecified atom stereocenters. The molecule has 0 spiro atoms. The fraction of sp³-hybridized carbons (Fsp3) is 0.636. The SMILES string of the molecule is Cc1ncoc1C(=O)N1CCC(C(C)N)C1. The van der Waals surface area contributed by atoms with E-state index in [1.807, 2.05) is 6.92 Å². The Morgan fingerprint density at radius 2 is 2.50 bits per heavy atom. The fourth-order valence-electron chi connectivity index (χ4n) is 2.05. The second-order valence-corrected chi connectivity index (χ2v) is 4.43. The first-order valence-corrected chi connectivity index (χ1v) is 5.54. The third-order valence-electron chi connectivity index (χ3n) is 3.20. The van der Waals surface area contributed by atoms with Gasteiger partial charge in [0.1, 0.15) is 0 Å². The van der Waals surface area contributed by atoms with Crippen LogP contribution in [0.3, 0.4) is 0 Å². The molecule has 0 saturated carbocycles. The summed E-state index contributed by atoms with van der Waals surface area (Å²) in [5.74, 6) is 0.677. The highest BCUT2D eigenvalue weighted by atomic mass is 16.3. The van der Waals surface area contributed by atoms with E-state index in [0.717, 1.165) is 19.5 Å². The number of aryl methyl sites for hydroxylation is 1. The molecule has 2 N–H and O–H groups in total. The first kappa shape index (κ1) is 11.1. The summed E-state index contributed by atoms with van der Waals surface area (Å²) in [7, 11) is 0. The number of rotatable bonds is 2. The van der Waals surface area contributed by atoms with E-state index < -0.39 is 0 Å². The smallest absolute Gasteiger partial charge is 0.291 e. The zero-order valence-corrected chi connectivity index (χ0v) is 9.64. The van der Waals surface area contributed by atoms with Crippen LogP contribution in [0.1, 0.15) is 29.6 Å². The molecule has 2 atom stereocenters. The molecule has 88 valence electrons. The maximum absolute atomic E-state index is 12.0. The van der Waals surface area contributed by atoms with Crippen molar-refractivity contribution in [2.45, 2.75) is 26.3 Å². The number of hydrogen-bond acceptors (Lipinski definition) is 4. The Morgan fingerprint density at radius 3 is 3.00 bits per heavy atom. The highest BCUT2D eigenvalue weighted by Gasteiger charge is 2.31. The summed E-state index contributed by atoms with van der Waals surface area (Å²) in [6.07, 6.45) is 2.28. The minimum atomic E-state index is -0.0712. The van der Waals surface area contributed by atoms with Crippen LogP contribution in [0.5, 0.6) is 0 Å². The average molecular weight is 223 g/mol. The normalized spacial score (nSPS) is 22.4. The topological polar surface area (TPSA) is 72.4 Å². The van der Waals surface area contributed by atoms with Crippen LogP contribution < -0.4 is 5.73 Å². The van der Waals surface area contributed by atoms with E-state index in [4.69, 9.17) is 10.2 Å². The van der Waals surface area contributed by atoms with Gasteiger partial charge in [-0.3, -0.25) is 4.79 Å². The molecular formula is C11H17N3O2.